The maximum absolute atomic E-state index is 13.1. The number of likely N-dealkylation sites (tertiary alicyclic amines) is 1. The Hall–Kier alpha value is -2.24. The molecule has 12 heteroatoms. The fraction of sp³-hybridized carbons (Fsp3) is 0.435. The van der Waals surface area contributed by atoms with Gasteiger partial charge in [0.05, 0.1) is 21.2 Å². The Morgan fingerprint density at radius 3 is 2.31 bits per heavy atom. The monoisotopic (exact) mass is 543 g/mol. The van der Waals surface area contributed by atoms with Crippen molar-refractivity contribution in [3.05, 3.63) is 47.1 Å². The van der Waals surface area contributed by atoms with Gasteiger partial charge in [-0.2, -0.15) is 0 Å². The molecule has 1 saturated heterocycles. The molecule has 0 atom stereocenters. The maximum Gasteiger partial charge on any atom is 0.258 e. The topological polar surface area (TPSA) is 112 Å². The average Bonchev–Trinajstić information content (AvgIpc) is 2.80. The van der Waals surface area contributed by atoms with Crippen LogP contribution in [0.3, 0.4) is 0 Å². The summed E-state index contributed by atoms with van der Waals surface area (Å²) in [5.74, 6) is -0.733. The first-order chi connectivity index (χ1) is 16.0. The third kappa shape index (κ3) is 7.14. The highest BCUT2D eigenvalue weighted by atomic mass is 35.5. The third-order valence-electron chi connectivity index (χ3n) is 5.87. The number of hydrogen-bond donors (Lipinski definition) is 2. The number of carbonyl (C=O) groups excluding carboxylic acids is 2. The van der Waals surface area contributed by atoms with Gasteiger partial charge in [-0.3, -0.25) is 9.59 Å². The van der Waals surface area contributed by atoms with Crippen molar-refractivity contribution in [2.45, 2.75) is 37.6 Å². The number of sulfonamides is 1. The van der Waals surface area contributed by atoms with Crippen LogP contribution in [0.1, 0.15) is 37.0 Å². The highest BCUT2D eigenvalue weighted by Gasteiger charge is 2.28. The van der Waals surface area contributed by atoms with Crippen molar-refractivity contribution in [3.63, 3.8) is 0 Å². The zero-order valence-electron chi connectivity index (χ0n) is 20.1. The number of hydrogen-bond acceptors (Lipinski definition) is 6. The van der Waals surface area contributed by atoms with E-state index in [0.717, 1.165) is 17.4 Å². The lowest BCUT2D eigenvalue weighted by molar-refractivity contribution is -0.121. The Balaban J connectivity index is 0.00000432. The van der Waals surface area contributed by atoms with Crippen LogP contribution in [0.5, 0.6) is 0 Å². The van der Waals surface area contributed by atoms with Gasteiger partial charge in [-0.05, 0) is 70.1 Å². The Morgan fingerprint density at radius 2 is 1.77 bits per heavy atom. The van der Waals surface area contributed by atoms with Gasteiger partial charge in [0.2, 0.25) is 15.9 Å². The Bertz CT molecular complexity index is 1150. The molecule has 2 heterocycles. The van der Waals surface area contributed by atoms with Gasteiger partial charge in [0.15, 0.2) is 0 Å². The van der Waals surface area contributed by atoms with Gasteiger partial charge in [0.25, 0.3) is 5.91 Å². The molecule has 0 spiro atoms. The molecule has 1 aromatic heterocycles. The Kier molecular flexibility index (Phi) is 10.1. The minimum absolute atomic E-state index is 0. The number of halogens is 2. The first-order valence-electron chi connectivity index (χ1n) is 11.0. The molecule has 2 N–H and O–H groups in total. The molecule has 2 amide bonds. The van der Waals surface area contributed by atoms with Crippen molar-refractivity contribution in [2.24, 2.45) is 5.92 Å². The summed E-state index contributed by atoms with van der Waals surface area (Å²) in [7, 11) is -0.972. The number of rotatable bonds is 7. The molecule has 0 bridgehead atoms. The molecule has 9 nitrogen and oxygen atoms in total. The van der Waals surface area contributed by atoms with Gasteiger partial charge in [0, 0.05) is 32.3 Å². The number of amides is 2. The van der Waals surface area contributed by atoms with Crippen LogP contribution >= 0.6 is 24.0 Å². The molecule has 0 saturated carbocycles. The number of benzene rings is 1. The second-order valence-electron chi connectivity index (χ2n) is 8.70. The summed E-state index contributed by atoms with van der Waals surface area (Å²) in [5, 5.41) is 5.88. The second kappa shape index (κ2) is 12.1. The number of aromatic nitrogens is 1. The fourth-order valence-electron chi connectivity index (χ4n) is 3.74. The molecule has 192 valence electrons. The molecule has 0 aliphatic carbocycles. The Morgan fingerprint density at radius 1 is 1.11 bits per heavy atom. The van der Waals surface area contributed by atoms with Crippen LogP contribution in [0.4, 0.5) is 11.5 Å². The van der Waals surface area contributed by atoms with E-state index in [9.17, 15) is 18.0 Å². The molecule has 3 rings (SSSR count). The predicted molar refractivity (Wildman–Crippen MR) is 140 cm³/mol. The zero-order valence-corrected chi connectivity index (χ0v) is 22.5. The SMILES string of the molecule is CC(C)N1CCC(C(=O)Nc2ccc(S(=O)(=O)N(C)C)cc2C(=O)Nc2ccc(Cl)cn2)CC1.Cl. The lowest BCUT2D eigenvalue weighted by Gasteiger charge is -2.34. The van der Waals surface area contributed by atoms with Crippen LogP contribution in [0.25, 0.3) is 0 Å². The molecule has 1 aliphatic rings. The number of carbonyl (C=O) groups is 2. The summed E-state index contributed by atoms with van der Waals surface area (Å²) in [6, 6.07) is 7.61. The van der Waals surface area contributed by atoms with E-state index in [1.165, 1.54) is 44.6 Å². The van der Waals surface area contributed by atoms with E-state index in [1.54, 1.807) is 6.07 Å². The minimum Gasteiger partial charge on any atom is -0.325 e. The lowest BCUT2D eigenvalue weighted by Crippen LogP contribution is -2.41. The summed E-state index contributed by atoms with van der Waals surface area (Å²) < 4.78 is 26.3. The summed E-state index contributed by atoms with van der Waals surface area (Å²) in [6.07, 6.45) is 2.82. The quantitative estimate of drug-likeness (QED) is 0.550. The van der Waals surface area contributed by atoms with Crippen molar-refractivity contribution >= 4 is 57.4 Å². The van der Waals surface area contributed by atoms with Crippen molar-refractivity contribution in [1.29, 1.82) is 0 Å². The normalized spacial score (nSPS) is 15.1. The number of pyridine rings is 1. The summed E-state index contributed by atoms with van der Waals surface area (Å²) in [4.78, 5) is 32.4. The molecule has 1 fully saturated rings. The first-order valence-corrected chi connectivity index (χ1v) is 12.8. The third-order valence-corrected chi connectivity index (χ3v) is 7.91. The first kappa shape index (κ1) is 29.0. The smallest absolute Gasteiger partial charge is 0.258 e. The van der Waals surface area contributed by atoms with Crippen LogP contribution in [0, 0.1) is 5.92 Å². The van der Waals surface area contributed by atoms with E-state index >= 15 is 0 Å². The van der Waals surface area contributed by atoms with Crippen LogP contribution in [0.15, 0.2) is 41.4 Å². The summed E-state index contributed by atoms with van der Waals surface area (Å²) in [5.41, 5.74) is 0.258. The van der Waals surface area contributed by atoms with Gasteiger partial charge in [-0.1, -0.05) is 11.6 Å². The number of anilines is 2. The largest absolute Gasteiger partial charge is 0.325 e. The molecule has 0 unspecified atom stereocenters. The molecular formula is C23H31Cl2N5O4S. The van der Waals surface area contributed by atoms with E-state index in [2.05, 4.69) is 34.4 Å². The molecule has 0 radical (unpaired) electrons. The van der Waals surface area contributed by atoms with Crippen LogP contribution in [-0.2, 0) is 14.8 Å². The van der Waals surface area contributed by atoms with E-state index in [1.807, 2.05) is 0 Å². The second-order valence-corrected chi connectivity index (χ2v) is 11.3. The van der Waals surface area contributed by atoms with Crippen molar-refractivity contribution in [2.75, 3.05) is 37.8 Å². The van der Waals surface area contributed by atoms with Gasteiger partial charge >= 0.3 is 0 Å². The van der Waals surface area contributed by atoms with Crippen molar-refractivity contribution < 1.29 is 18.0 Å². The van der Waals surface area contributed by atoms with Crippen LogP contribution in [0.2, 0.25) is 5.02 Å². The molecule has 1 aromatic carbocycles. The van der Waals surface area contributed by atoms with Gasteiger partial charge < -0.3 is 15.5 Å². The number of piperidine rings is 1. The number of nitrogens with one attached hydrogen (secondary N) is 2. The maximum atomic E-state index is 13.1. The molecule has 1 aliphatic heterocycles. The predicted octanol–water partition coefficient (Wildman–Crippen LogP) is 3.72. The molecular weight excluding hydrogens is 513 g/mol. The highest BCUT2D eigenvalue weighted by molar-refractivity contribution is 7.89. The van der Waals surface area contributed by atoms with Crippen molar-refractivity contribution in [1.82, 2.24) is 14.2 Å². The fourth-order valence-corrected chi connectivity index (χ4v) is 4.78. The average molecular weight is 545 g/mol. The van der Waals surface area contributed by atoms with Crippen LogP contribution < -0.4 is 10.6 Å². The number of nitrogens with zero attached hydrogens (tertiary/aromatic N) is 3. The minimum atomic E-state index is -3.79. The highest BCUT2D eigenvalue weighted by Crippen LogP contribution is 2.26. The Labute approximate surface area is 217 Å². The van der Waals surface area contributed by atoms with Crippen LogP contribution in [-0.4, -0.2) is 67.6 Å². The zero-order chi connectivity index (χ0) is 25.0. The van der Waals surface area contributed by atoms with Gasteiger partial charge in [-0.25, -0.2) is 17.7 Å². The van der Waals surface area contributed by atoms with Gasteiger partial charge in [0.1, 0.15) is 5.82 Å². The van der Waals surface area contributed by atoms with E-state index < -0.39 is 15.9 Å². The van der Waals surface area contributed by atoms with E-state index in [-0.39, 0.29) is 46.2 Å². The van der Waals surface area contributed by atoms with E-state index in [4.69, 9.17) is 11.6 Å². The summed E-state index contributed by atoms with van der Waals surface area (Å²) in [6.45, 7) is 5.91. The van der Waals surface area contributed by atoms with Gasteiger partial charge in [-0.15, -0.1) is 12.4 Å². The summed E-state index contributed by atoms with van der Waals surface area (Å²) >= 11 is 5.85. The molecule has 2 aromatic rings. The standard InChI is InChI=1S/C23H30ClN5O4S.ClH/c1-15(2)29-11-9-16(10-12-29)22(30)26-20-7-6-18(34(32,33)28(3)4)13-19(20)23(31)27-21-8-5-17(24)14-25-21;/h5-8,13-16H,9-12H2,1-4H3,(H,26,30)(H,25,27,31);1H. The lowest BCUT2D eigenvalue weighted by atomic mass is 9.95. The van der Waals surface area contributed by atoms with Crippen molar-refractivity contribution in [3.8, 4) is 0 Å². The molecule has 35 heavy (non-hydrogen) atoms. The van der Waals surface area contributed by atoms with E-state index in [0.29, 0.717) is 23.9 Å².